The third-order valence-corrected chi connectivity index (χ3v) is 9.67. The third-order valence-electron chi connectivity index (χ3n) is 9.67. The molecule has 1 N–H and O–H groups in total. The number of rotatable bonds is 6. The first kappa shape index (κ1) is 27.1. The Kier molecular flexibility index (Phi) is 6.43. The van der Waals surface area contributed by atoms with Gasteiger partial charge >= 0.3 is 0 Å². The van der Waals surface area contributed by atoms with Gasteiger partial charge < -0.3 is 14.6 Å². The Morgan fingerprint density at radius 2 is 1.71 bits per heavy atom. The van der Waals surface area contributed by atoms with E-state index in [4.69, 9.17) is 9.47 Å². The highest BCUT2D eigenvalue weighted by Crippen LogP contribution is 2.65. The summed E-state index contributed by atoms with van der Waals surface area (Å²) in [4.78, 5) is 58.3. The number of methoxy groups -OCH3 is 2. The molecule has 2 aromatic carbocycles. The van der Waals surface area contributed by atoms with Crippen LogP contribution in [0.25, 0.3) is 0 Å². The number of amides is 4. The SMILES string of the molecule is CCCN1C(=O)C2CC=C3C(CC4C(=O)N(c5ccccc5)C(=O)C4(C)C3c3c(O)cc(OC)cc3OC)C2C1=O. The highest BCUT2D eigenvalue weighted by Gasteiger charge is 2.68. The number of aromatic hydroxyl groups is 1. The standard InChI is InChI=1S/C32H34N2O7/c1-5-13-33-28(36)20-12-11-19-21(25(20)30(33)38)16-22-29(37)34(17-9-7-6-8-10-17)31(39)32(22,2)27(19)26-23(35)14-18(40-3)15-24(26)41-4/h6-11,14-15,20-22,25,27,35H,5,12-13,16H2,1-4H3. The Morgan fingerprint density at radius 1 is 0.976 bits per heavy atom. The van der Waals surface area contributed by atoms with E-state index in [1.165, 1.54) is 30.1 Å². The van der Waals surface area contributed by atoms with E-state index >= 15 is 0 Å². The number of fused-ring (bicyclic) bond motifs is 4. The van der Waals surface area contributed by atoms with Gasteiger partial charge in [-0.3, -0.25) is 24.1 Å². The monoisotopic (exact) mass is 558 g/mol. The van der Waals surface area contributed by atoms with Gasteiger partial charge in [0, 0.05) is 30.2 Å². The zero-order valence-electron chi connectivity index (χ0n) is 23.6. The number of para-hydroxylation sites is 1. The smallest absolute Gasteiger partial charge is 0.241 e. The van der Waals surface area contributed by atoms with Crippen molar-refractivity contribution in [3.05, 3.63) is 59.7 Å². The maximum atomic E-state index is 14.4. The topological polar surface area (TPSA) is 113 Å². The number of allylic oxidation sites excluding steroid dienone is 2. The van der Waals surface area contributed by atoms with E-state index in [0.29, 0.717) is 42.1 Å². The number of ether oxygens (including phenoxy) is 2. The first-order valence-electron chi connectivity index (χ1n) is 14.1. The van der Waals surface area contributed by atoms with Gasteiger partial charge in [-0.15, -0.1) is 0 Å². The molecule has 2 aromatic rings. The number of carbonyl (C=O) groups excluding carboxylic acids is 4. The second-order valence-corrected chi connectivity index (χ2v) is 11.6. The van der Waals surface area contributed by atoms with Gasteiger partial charge in [-0.2, -0.15) is 0 Å². The number of phenolic OH excluding ortho intramolecular Hbond substituents is 1. The molecule has 9 heteroatoms. The fourth-order valence-corrected chi connectivity index (χ4v) is 7.82. The van der Waals surface area contributed by atoms with Gasteiger partial charge in [-0.05, 0) is 44.2 Å². The Bertz CT molecular complexity index is 1480. The quantitative estimate of drug-likeness (QED) is 0.420. The number of imide groups is 2. The lowest BCUT2D eigenvalue weighted by molar-refractivity contribution is -0.140. The van der Waals surface area contributed by atoms with Crippen LogP contribution < -0.4 is 14.4 Å². The molecule has 2 aliphatic carbocycles. The van der Waals surface area contributed by atoms with Crippen LogP contribution in [0, 0.1) is 29.1 Å². The number of carbonyl (C=O) groups is 4. The molecule has 2 aliphatic heterocycles. The van der Waals surface area contributed by atoms with Crippen LogP contribution >= 0.6 is 0 Å². The van der Waals surface area contributed by atoms with Crippen molar-refractivity contribution in [3.8, 4) is 17.2 Å². The third kappa shape index (κ3) is 3.67. The summed E-state index contributed by atoms with van der Waals surface area (Å²) in [6.45, 7) is 4.06. The Morgan fingerprint density at radius 3 is 2.37 bits per heavy atom. The molecule has 4 aliphatic rings. The molecule has 0 aromatic heterocycles. The van der Waals surface area contributed by atoms with Crippen LogP contribution in [-0.4, -0.2) is 54.4 Å². The molecule has 0 radical (unpaired) electrons. The van der Waals surface area contributed by atoms with Gasteiger partial charge in [0.2, 0.25) is 23.6 Å². The van der Waals surface area contributed by atoms with Crippen molar-refractivity contribution in [2.75, 3.05) is 25.7 Å². The van der Waals surface area contributed by atoms with E-state index in [2.05, 4.69) is 0 Å². The number of phenols is 1. The molecule has 9 nitrogen and oxygen atoms in total. The van der Waals surface area contributed by atoms with E-state index in [-0.39, 0.29) is 35.8 Å². The summed E-state index contributed by atoms with van der Waals surface area (Å²) in [7, 11) is 2.95. The lowest BCUT2D eigenvalue weighted by atomic mass is 9.51. The fraction of sp³-hybridized carbons (Fsp3) is 0.438. The molecule has 0 spiro atoms. The van der Waals surface area contributed by atoms with E-state index in [1.807, 2.05) is 19.1 Å². The lowest BCUT2D eigenvalue weighted by Gasteiger charge is -2.49. The van der Waals surface area contributed by atoms with Crippen molar-refractivity contribution in [1.82, 2.24) is 4.90 Å². The Hall–Kier alpha value is -4.14. The summed E-state index contributed by atoms with van der Waals surface area (Å²) >= 11 is 0. The van der Waals surface area contributed by atoms with E-state index in [0.717, 1.165) is 5.57 Å². The number of likely N-dealkylation sites (tertiary alicyclic amines) is 1. The van der Waals surface area contributed by atoms with Gasteiger partial charge in [-0.25, -0.2) is 4.90 Å². The summed E-state index contributed by atoms with van der Waals surface area (Å²) < 4.78 is 11.1. The molecule has 41 heavy (non-hydrogen) atoms. The molecular weight excluding hydrogens is 524 g/mol. The normalized spacial score (nSPS) is 30.6. The van der Waals surface area contributed by atoms with Crippen LogP contribution in [0.3, 0.4) is 0 Å². The van der Waals surface area contributed by atoms with Gasteiger partial charge in [0.25, 0.3) is 0 Å². The van der Waals surface area contributed by atoms with Crippen molar-refractivity contribution < 1.29 is 33.8 Å². The molecule has 0 bridgehead atoms. The Labute approximate surface area is 238 Å². The summed E-state index contributed by atoms with van der Waals surface area (Å²) in [6, 6.07) is 11.9. The van der Waals surface area contributed by atoms with Crippen LogP contribution in [0.15, 0.2) is 54.1 Å². The number of anilines is 1. The molecule has 2 heterocycles. The maximum absolute atomic E-state index is 14.4. The first-order chi connectivity index (χ1) is 19.7. The summed E-state index contributed by atoms with van der Waals surface area (Å²) in [5.74, 6) is -3.68. The predicted octanol–water partition coefficient (Wildman–Crippen LogP) is 4.05. The molecule has 214 valence electrons. The molecule has 6 atom stereocenters. The van der Waals surface area contributed by atoms with Gasteiger partial charge in [-0.1, -0.05) is 36.8 Å². The minimum Gasteiger partial charge on any atom is -0.507 e. The van der Waals surface area contributed by atoms with Crippen molar-refractivity contribution >= 4 is 29.3 Å². The van der Waals surface area contributed by atoms with Crippen LogP contribution in [0.4, 0.5) is 5.69 Å². The summed E-state index contributed by atoms with van der Waals surface area (Å²) in [5, 5.41) is 11.4. The minimum atomic E-state index is -1.28. The average molecular weight is 559 g/mol. The zero-order chi connectivity index (χ0) is 29.2. The number of hydrogen-bond donors (Lipinski definition) is 1. The molecule has 1 saturated carbocycles. The Balaban J connectivity index is 1.57. The highest BCUT2D eigenvalue weighted by atomic mass is 16.5. The molecule has 4 amide bonds. The molecular formula is C32H34N2O7. The second kappa shape index (κ2) is 9.75. The van der Waals surface area contributed by atoms with Crippen LogP contribution in [0.1, 0.15) is 44.6 Å². The molecule has 3 fully saturated rings. The van der Waals surface area contributed by atoms with Crippen LogP contribution in [-0.2, 0) is 19.2 Å². The maximum Gasteiger partial charge on any atom is 0.241 e. The number of benzene rings is 2. The van der Waals surface area contributed by atoms with Crippen molar-refractivity contribution in [2.45, 2.75) is 39.0 Å². The van der Waals surface area contributed by atoms with Crippen molar-refractivity contribution in [3.63, 3.8) is 0 Å². The lowest BCUT2D eigenvalue weighted by Crippen LogP contribution is -2.49. The van der Waals surface area contributed by atoms with Gasteiger partial charge in [0.05, 0.1) is 43.1 Å². The van der Waals surface area contributed by atoms with Crippen LogP contribution in [0.2, 0.25) is 0 Å². The average Bonchev–Trinajstić information content (AvgIpc) is 3.33. The van der Waals surface area contributed by atoms with Gasteiger partial charge in [0.15, 0.2) is 0 Å². The van der Waals surface area contributed by atoms with Crippen LogP contribution in [0.5, 0.6) is 17.2 Å². The number of nitrogens with zero attached hydrogens (tertiary/aromatic N) is 2. The highest BCUT2D eigenvalue weighted by molar-refractivity contribution is 6.24. The van der Waals surface area contributed by atoms with Crippen molar-refractivity contribution in [2.24, 2.45) is 29.1 Å². The summed E-state index contributed by atoms with van der Waals surface area (Å²) in [6.07, 6.45) is 3.22. The molecule has 2 saturated heterocycles. The summed E-state index contributed by atoms with van der Waals surface area (Å²) in [5.41, 5.74) is 0.350. The minimum absolute atomic E-state index is 0.130. The van der Waals surface area contributed by atoms with E-state index in [9.17, 15) is 24.3 Å². The van der Waals surface area contributed by atoms with Gasteiger partial charge in [0.1, 0.15) is 17.2 Å². The largest absolute Gasteiger partial charge is 0.507 e. The predicted molar refractivity (Wildman–Crippen MR) is 149 cm³/mol. The van der Waals surface area contributed by atoms with E-state index < -0.39 is 35.0 Å². The van der Waals surface area contributed by atoms with E-state index in [1.54, 1.807) is 37.3 Å². The first-order valence-corrected chi connectivity index (χ1v) is 14.1. The molecule has 6 rings (SSSR count). The molecule has 6 unspecified atom stereocenters. The zero-order valence-corrected chi connectivity index (χ0v) is 23.6. The number of hydrogen-bond acceptors (Lipinski definition) is 7. The fourth-order valence-electron chi connectivity index (χ4n) is 7.82. The second-order valence-electron chi connectivity index (χ2n) is 11.6. The van der Waals surface area contributed by atoms with Crippen molar-refractivity contribution in [1.29, 1.82) is 0 Å².